The van der Waals surface area contributed by atoms with Gasteiger partial charge in [-0.1, -0.05) is 41.9 Å². The van der Waals surface area contributed by atoms with Crippen molar-refractivity contribution in [3.05, 3.63) is 65.8 Å². The molecule has 0 spiro atoms. The highest BCUT2D eigenvalue weighted by atomic mass is 35.5. The van der Waals surface area contributed by atoms with Crippen molar-refractivity contribution in [1.29, 1.82) is 0 Å². The average molecular weight is 280 g/mol. The molecule has 4 aromatic rings. The molecule has 2 aromatic heterocycles. The van der Waals surface area contributed by atoms with Crippen molar-refractivity contribution in [2.75, 3.05) is 0 Å². The molecule has 0 amide bonds. The highest BCUT2D eigenvalue weighted by molar-refractivity contribution is 6.35. The second-order valence-corrected chi connectivity index (χ2v) is 5.08. The molecule has 0 fully saturated rings. The Hall–Kier alpha value is -2.32. The molecule has 0 atom stereocenters. The Kier molecular flexibility index (Phi) is 2.51. The van der Waals surface area contributed by atoms with Crippen LogP contribution in [0.25, 0.3) is 33.2 Å². The number of aromatic nitrogens is 1. The first-order valence-corrected chi connectivity index (χ1v) is 6.72. The summed E-state index contributed by atoms with van der Waals surface area (Å²) in [6.45, 7) is 0. The normalized spacial score (nSPS) is 11.2. The molecule has 4 rings (SSSR count). The van der Waals surface area contributed by atoms with E-state index in [1.165, 1.54) is 0 Å². The number of hydrogen-bond donors (Lipinski definition) is 0. The molecule has 20 heavy (non-hydrogen) atoms. The number of rotatable bonds is 1. The molecule has 3 heteroatoms. The third-order valence-corrected chi connectivity index (χ3v) is 3.73. The van der Waals surface area contributed by atoms with E-state index in [4.69, 9.17) is 16.0 Å². The molecule has 0 aliphatic carbocycles. The molecule has 0 saturated heterocycles. The Labute approximate surface area is 120 Å². The quantitative estimate of drug-likeness (QED) is 0.472. The molecular weight excluding hydrogens is 270 g/mol. The predicted octanol–water partition coefficient (Wildman–Crippen LogP) is 5.30. The lowest BCUT2D eigenvalue weighted by molar-refractivity contribution is 0.631. The summed E-state index contributed by atoms with van der Waals surface area (Å²) in [6.07, 6.45) is 1.72. The van der Waals surface area contributed by atoms with E-state index in [0.717, 1.165) is 33.2 Å². The fourth-order valence-electron chi connectivity index (χ4n) is 2.39. The first-order valence-electron chi connectivity index (χ1n) is 6.34. The van der Waals surface area contributed by atoms with Crippen molar-refractivity contribution in [1.82, 2.24) is 4.98 Å². The van der Waals surface area contributed by atoms with Crippen LogP contribution < -0.4 is 0 Å². The number of halogens is 1. The van der Waals surface area contributed by atoms with Gasteiger partial charge in [0.15, 0.2) is 0 Å². The third kappa shape index (κ3) is 1.77. The highest BCUT2D eigenvalue weighted by Crippen LogP contribution is 2.30. The van der Waals surface area contributed by atoms with Crippen molar-refractivity contribution in [3.8, 4) is 11.3 Å². The van der Waals surface area contributed by atoms with Crippen molar-refractivity contribution < 1.29 is 4.42 Å². The summed E-state index contributed by atoms with van der Waals surface area (Å²) >= 11 is 6.16. The number of nitrogens with zero attached hydrogens (tertiary/aromatic N) is 1. The van der Waals surface area contributed by atoms with E-state index in [2.05, 4.69) is 4.98 Å². The van der Waals surface area contributed by atoms with Gasteiger partial charge in [0.05, 0.1) is 10.5 Å². The number of para-hydroxylation sites is 1. The lowest BCUT2D eigenvalue weighted by Crippen LogP contribution is -1.81. The van der Waals surface area contributed by atoms with Gasteiger partial charge in [-0.25, -0.2) is 0 Å². The van der Waals surface area contributed by atoms with Crippen LogP contribution >= 0.6 is 11.6 Å². The van der Waals surface area contributed by atoms with Gasteiger partial charge in [0.1, 0.15) is 11.3 Å². The zero-order valence-corrected chi connectivity index (χ0v) is 11.3. The maximum atomic E-state index is 6.16. The first-order chi connectivity index (χ1) is 9.81. The van der Waals surface area contributed by atoms with Crippen molar-refractivity contribution >= 4 is 33.5 Å². The van der Waals surface area contributed by atoms with E-state index < -0.39 is 0 Å². The van der Waals surface area contributed by atoms with Gasteiger partial charge in [-0.2, -0.15) is 0 Å². The third-order valence-electron chi connectivity index (χ3n) is 3.40. The van der Waals surface area contributed by atoms with Gasteiger partial charge in [-0.15, -0.1) is 0 Å². The maximum Gasteiger partial charge on any atom is 0.135 e. The van der Waals surface area contributed by atoms with E-state index in [9.17, 15) is 0 Å². The first kappa shape index (κ1) is 11.5. The Balaban J connectivity index is 1.93. The van der Waals surface area contributed by atoms with Crippen LogP contribution in [0, 0.1) is 0 Å². The lowest BCUT2D eigenvalue weighted by Gasteiger charge is -2.01. The summed E-state index contributed by atoms with van der Waals surface area (Å²) < 4.78 is 5.87. The van der Waals surface area contributed by atoms with Crippen LogP contribution in [0.1, 0.15) is 0 Å². The van der Waals surface area contributed by atoms with Crippen LogP contribution in [-0.2, 0) is 0 Å². The van der Waals surface area contributed by atoms with Crippen LogP contribution in [0.2, 0.25) is 5.02 Å². The van der Waals surface area contributed by atoms with E-state index in [1.807, 2.05) is 48.5 Å². The van der Waals surface area contributed by atoms with Gasteiger partial charge in [0.2, 0.25) is 0 Å². The summed E-state index contributed by atoms with van der Waals surface area (Å²) in [5.41, 5.74) is 2.76. The SMILES string of the molecule is Clc1ccnc2cc(-c3cc4ccccc4o3)ccc12. The van der Waals surface area contributed by atoms with Crippen molar-refractivity contribution in [3.63, 3.8) is 0 Å². The topological polar surface area (TPSA) is 26.0 Å². The largest absolute Gasteiger partial charge is 0.456 e. The Morgan fingerprint density at radius 2 is 1.85 bits per heavy atom. The molecular formula is C17H10ClNO. The summed E-state index contributed by atoms with van der Waals surface area (Å²) in [6, 6.07) is 17.8. The number of fused-ring (bicyclic) bond motifs is 2. The minimum atomic E-state index is 0.714. The molecule has 0 radical (unpaired) electrons. The molecule has 0 aliphatic rings. The van der Waals surface area contributed by atoms with Gasteiger partial charge in [-0.05, 0) is 24.3 Å². The van der Waals surface area contributed by atoms with Gasteiger partial charge < -0.3 is 4.42 Å². The van der Waals surface area contributed by atoms with Crippen LogP contribution in [0.3, 0.4) is 0 Å². The van der Waals surface area contributed by atoms with Gasteiger partial charge in [-0.3, -0.25) is 4.98 Å². The molecule has 0 unspecified atom stereocenters. The van der Waals surface area contributed by atoms with Crippen LogP contribution in [-0.4, -0.2) is 4.98 Å². The molecule has 0 bridgehead atoms. The average Bonchev–Trinajstić information content (AvgIpc) is 2.91. The monoisotopic (exact) mass is 279 g/mol. The number of benzene rings is 2. The molecule has 2 aromatic carbocycles. The molecule has 0 saturated carbocycles. The van der Waals surface area contributed by atoms with Crippen LogP contribution in [0.4, 0.5) is 0 Å². The maximum absolute atomic E-state index is 6.16. The lowest BCUT2D eigenvalue weighted by atomic mass is 10.1. The van der Waals surface area contributed by atoms with Crippen LogP contribution in [0.5, 0.6) is 0 Å². The summed E-state index contributed by atoms with van der Waals surface area (Å²) in [4.78, 5) is 4.36. The molecule has 0 N–H and O–H groups in total. The minimum absolute atomic E-state index is 0.714. The van der Waals surface area contributed by atoms with E-state index in [-0.39, 0.29) is 0 Å². The number of hydrogen-bond acceptors (Lipinski definition) is 2. The summed E-state index contributed by atoms with van der Waals surface area (Å²) in [5, 5.41) is 2.77. The van der Waals surface area contributed by atoms with Gasteiger partial charge in [0, 0.05) is 22.5 Å². The standard InChI is InChI=1S/C17H10ClNO/c18-14-7-8-19-15-9-12(5-6-13(14)15)17-10-11-3-1-2-4-16(11)20-17/h1-10H. The molecule has 0 aliphatic heterocycles. The zero-order chi connectivity index (χ0) is 13.5. The second-order valence-electron chi connectivity index (χ2n) is 4.67. The van der Waals surface area contributed by atoms with Gasteiger partial charge in [0.25, 0.3) is 0 Å². The zero-order valence-electron chi connectivity index (χ0n) is 10.5. The highest BCUT2D eigenvalue weighted by Gasteiger charge is 2.08. The summed E-state index contributed by atoms with van der Waals surface area (Å²) in [7, 11) is 0. The number of pyridine rings is 1. The van der Waals surface area contributed by atoms with E-state index in [0.29, 0.717) is 5.02 Å². The molecule has 2 nitrogen and oxygen atoms in total. The fourth-order valence-corrected chi connectivity index (χ4v) is 2.61. The Bertz CT molecular complexity index is 893. The molecule has 96 valence electrons. The minimum Gasteiger partial charge on any atom is -0.456 e. The fraction of sp³-hybridized carbons (Fsp3) is 0. The van der Waals surface area contributed by atoms with Crippen molar-refractivity contribution in [2.45, 2.75) is 0 Å². The Morgan fingerprint density at radius 3 is 2.75 bits per heavy atom. The predicted molar refractivity (Wildman–Crippen MR) is 82.0 cm³/mol. The van der Waals surface area contributed by atoms with E-state index in [1.54, 1.807) is 12.3 Å². The van der Waals surface area contributed by atoms with E-state index >= 15 is 0 Å². The Morgan fingerprint density at radius 1 is 0.950 bits per heavy atom. The smallest absolute Gasteiger partial charge is 0.135 e. The van der Waals surface area contributed by atoms with Crippen LogP contribution in [0.15, 0.2) is 65.2 Å². The second kappa shape index (κ2) is 4.36. The van der Waals surface area contributed by atoms with Crippen molar-refractivity contribution in [2.24, 2.45) is 0 Å². The van der Waals surface area contributed by atoms with Gasteiger partial charge >= 0.3 is 0 Å². The number of furan rings is 1. The molecule has 2 heterocycles. The summed E-state index contributed by atoms with van der Waals surface area (Å²) in [5.74, 6) is 0.842.